The first-order valence-electron chi connectivity index (χ1n) is 14.6. The molecule has 0 aromatic heterocycles. The zero-order valence-electron chi connectivity index (χ0n) is 24.2. The molecule has 4 atom stereocenters. The standard InChI is InChI=1S/C31H41NO8/c1-19(2)38-25(33)17-31(11-6-9-29(3,4)40-31)28(34)39-27-24(35-5)16-30-10-7-12-32(30)13-8-20-14-22-23(37-18-36-22)15-21(20)26(27)30/h14-16,19,26-27H,6-13,17-18H2,1-5H3/t26-,27?,30+,31-/m1/s1. The summed E-state index contributed by atoms with van der Waals surface area (Å²) in [5, 5.41) is 0. The van der Waals surface area contributed by atoms with Gasteiger partial charge in [-0.05, 0) is 102 Å². The molecule has 2 fully saturated rings. The minimum absolute atomic E-state index is 0.191. The summed E-state index contributed by atoms with van der Waals surface area (Å²) in [7, 11) is 1.63. The van der Waals surface area contributed by atoms with Crippen molar-refractivity contribution in [1.29, 1.82) is 0 Å². The number of fused-ring (bicyclic) bond motifs is 3. The molecule has 0 bridgehead atoms. The average Bonchev–Trinajstić information content (AvgIpc) is 3.56. The number of esters is 2. The van der Waals surface area contributed by atoms with Crippen molar-refractivity contribution in [2.45, 2.75) is 108 Å². The molecule has 40 heavy (non-hydrogen) atoms. The van der Waals surface area contributed by atoms with Gasteiger partial charge in [0.05, 0.1) is 36.7 Å². The van der Waals surface area contributed by atoms with Crippen LogP contribution in [0.1, 0.15) is 83.3 Å². The van der Waals surface area contributed by atoms with E-state index in [1.807, 2.05) is 13.8 Å². The Morgan fingerprint density at radius 3 is 2.58 bits per heavy atom. The average molecular weight is 556 g/mol. The van der Waals surface area contributed by atoms with Crippen LogP contribution in [0.3, 0.4) is 0 Å². The number of carbonyl (C=O) groups excluding carboxylic acids is 2. The SMILES string of the molecule is COC1=C[C@]23CCCN2CCc2cc4c(cc2[C@@H]3C1OC(=O)[C@]1(CC(=O)OC(C)C)CCCC(C)(C)O1)OCO4. The second-order valence-electron chi connectivity index (χ2n) is 12.7. The van der Waals surface area contributed by atoms with Crippen molar-refractivity contribution < 1.29 is 38.0 Å². The lowest BCUT2D eigenvalue weighted by atomic mass is 9.77. The van der Waals surface area contributed by atoms with Gasteiger partial charge in [-0.1, -0.05) is 0 Å². The largest absolute Gasteiger partial charge is 0.497 e. The molecule has 1 aromatic carbocycles. The quantitative estimate of drug-likeness (QED) is 0.474. The molecule has 2 saturated heterocycles. The van der Waals surface area contributed by atoms with Crippen LogP contribution in [-0.4, -0.2) is 72.8 Å². The lowest BCUT2D eigenvalue weighted by molar-refractivity contribution is -0.217. The summed E-state index contributed by atoms with van der Waals surface area (Å²) >= 11 is 0. The van der Waals surface area contributed by atoms with Crippen molar-refractivity contribution in [3.63, 3.8) is 0 Å². The van der Waals surface area contributed by atoms with E-state index in [2.05, 4.69) is 23.1 Å². The Labute approximate surface area is 236 Å². The normalized spacial score (nSPS) is 32.0. The van der Waals surface area contributed by atoms with E-state index in [0.717, 1.165) is 56.5 Å². The van der Waals surface area contributed by atoms with Gasteiger partial charge in [0.25, 0.3) is 0 Å². The van der Waals surface area contributed by atoms with E-state index >= 15 is 0 Å². The van der Waals surface area contributed by atoms with Crippen molar-refractivity contribution in [3.05, 3.63) is 35.1 Å². The van der Waals surface area contributed by atoms with Gasteiger partial charge in [-0.2, -0.15) is 0 Å². The number of hydrogen-bond acceptors (Lipinski definition) is 9. The molecule has 9 nitrogen and oxygen atoms in total. The molecule has 4 heterocycles. The molecule has 4 aliphatic heterocycles. The molecular formula is C31H41NO8. The monoisotopic (exact) mass is 555 g/mol. The number of benzene rings is 1. The fourth-order valence-electron chi connectivity index (χ4n) is 7.63. The fourth-order valence-corrected chi connectivity index (χ4v) is 7.63. The van der Waals surface area contributed by atoms with E-state index in [9.17, 15) is 9.59 Å². The number of hydrogen-bond donors (Lipinski definition) is 0. The van der Waals surface area contributed by atoms with Gasteiger partial charge in [0.2, 0.25) is 6.79 Å². The molecule has 0 radical (unpaired) electrons. The summed E-state index contributed by atoms with van der Waals surface area (Å²) in [5.41, 5.74) is -0.0967. The predicted octanol–water partition coefficient (Wildman–Crippen LogP) is 4.40. The van der Waals surface area contributed by atoms with Crippen LogP contribution in [-0.2, 0) is 35.0 Å². The predicted molar refractivity (Wildman–Crippen MR) is 145 cm³/mol. The van der Waals surface area contributed by atoms with Crippen molar-refractivity contribution >= 4 is 11.9 Å². The van der Waals surface area contributed by atoms with Crippen LogP contribution in [0.2, 0.25) is 0 Å². The molecule has 0 amide bonds. The van der Waals surface area contributed by atoms with E-state index in [4.69, 9.17) is 28.4 Å². The van der Waals surface area contributed by atoms with Gasteiger partial charge < -0.3 is 28.4 Å². The first-order valence-corrected chi connectivity index (χ1v) is 14.6. The van der Waals surface area contributed by atoms with Gasteiger partial charge in [-0.25, -0.2) is 4.79 Å². The number of carbonyl (C=O) groups is 2. The summed E-state index contributed by atoms with van der Waals surface area (Å²) in [6, 6.07) is 4.14. The van der Waals surface area contributed by atoms with Crippen molar-refractivity contribution in [2.75, 3.05) is 27.0 Å². The maximum Gasteiger partial charge on any atom is 0.339 e. The van der Waals surface area contributed by atoms with E-state index in [1.54, 1.807) is 21.0 Å². The molecule has 9 heteroatoms. The molecule has 6 rings (SSSR count). The van der Waals surface area contributed by atoms with Gasteiger partial charge in [0.15, 0.2) is 23.2 Å². The molecule has 1 unspecified atom stereocenters. The second-order valence-corrected chi connectivity index (χ2v) is 12.7. The third kappa shape index (κ3) is 4.55. The third-order valence-corrected chi connectivity index (χ3v) is 9.20. The lowest BCUT2D eigenvalue weighted by Gasteiger charge is -2.44. The van der Waals surface area contributed by atoms with Gasteiger partial charge >= 0.3 is 11.9 Å². The van der Waals surface area contributed by atoms with Crippen LogP contribution >= 0.6 is 0 Å². The maximum atomic E-state index is 14.3. The van der Waals surface area contributed by atoms with Crippen LogP contribution in [0.15, 0.2) is 24.0 Å². The van der Waals surface area contributed by atoms with Crippen LogP contribution in [0.25, 0.3) is 0 Å². The van der Waals surface area contributed by atoms with E-state index in [0.29, 0.717) is 17.9 Å². The van der Waals surface area contributed by atoms with E-state index < -0.39 is 29.2 Å². The zero-order valence-corrected chi connectivity index (χ0v) is 24.2. The summed E-state index contributed by atoms with van der Waals surface area (Å²) in [4.78, 5) is 29.7. The van der Waals surface area contributed by atoms with Crippen LogP contribution < -0.4 is 9.47 Å². The Bertz CT molecular complexity index is 1220. The number of nitrogens with zero attached hydrogens (tertiary/aromatic N) is 1. The number of methoxy groups -OCH3 is 1. The highest BCUT2D eigenvalue weighted by Gasteiger charge is 2.60. The van der Waals surface area contributed by atoms with Gasteiger partial charge in [-0.15, -0.1) is 0 Å². The first kappa shape index (κ1) is 27.4. The van der Waals surface area contributed by atoms with Gasteiger partial charge in [0.1, 0.15) is 5.76 Å². The van der Waals surface area contributed by atoms with Crippen molar-refractivity contribution in [3.8, 4) is 11.5 Å². The van der Waals surface area contributed by atoms with Crippen molar-refractivity contribution in [1.82, 2.24) is 4.90 Å². The zero-order chi connectivity index (χ0) is 28.3. The second kappa shape index (κ2) is 9.94. The summed E-state index contributed by atoms with van der Waals surface area (Å²) in [5.74, 6) is 0.887. The smallest absolute Gasteiger partial charge is 0.339 e. The molecule has 0 saturated carbocycles. The summed E-state index contributed by atoms with van der Waals surface area (Å²) < 4.78 is 35.8. The van der Waals surface area contributed by atoms with Gasteiger partial charge in [0, 0.05) is 6.54 Å². The third-order valence-electron chi connectivity index (χ3n) is 9.20. The fraction of sp³-hybridized carbons (Fsp3) is 0.677. The molecule has 218 valence electrons. The minimum Gasteiger partial charge on any atom is -0.497 e. The molecule has 1 spiro atoms. The molecule has 0 N–H and O–H groups in total. The van der Waals surface area contributed by atoms with E-state index in [1.165, 1.54) is 5.56 Å². The Hall–Kier alpha value is -2.78. The Balaban J connectivity index is 1.39. The minimum atomic E-state index is -1.43. The topological polar surface area (TPSA) is 92.8 Å². The lowest BCUT2D eigenvalue weighted by Crippen LogP contribution is -2.54. The van der Waals surface area contributed by atoms with Crippen molar-refractivity contribution in [2.24, 2.45) is 0 Å². The number of ether oxygens (including phenoxy) is 6. The Kier molecular flexibility index (Phi) is 6.81. The molecule has 1 aromatic rings. The number of rotatable bonds is 6. The highest BCUT2D eigenvalue weighted by Crippen LogP contribution is 2.56. The Morgan fingerprint density at radius 2 is 1.85 bits per heavy atom. The highest BCUT2D eigenvalue weighted by atomic mass is 16.7. The summed E-state index contributed by atoms with van der Waals surface area (Å²) in [6.07, 6.45) is 5.77. The van der Waals surface area contributed by atoms with Crippen LogP contribution in [0.4, 0.5) is 0 Å². The molecule has 5 aliphatic rings. The van der Waals surface area contributed by atoms with Crippen LogP contribution in [0, 0.1) is 0 Å². The first-order chi connectivity index (χ1) is 19.1. The molecular weight excluding hydrogens is 514 g/mol. The summed E-state index contributed by atoms with van der Waals surface area (Å²) in [6.45, 7) is 9.55. The van der Waals surface area contributed by atoms with Crippen LogP contribution in [0.5, 0.6) is 11.5 Å². The highest BCUT2D eigenvalue weighted by molar-refractivity contribution is 5.86. The molecule has 1 aliphatic carbocycles. The van der Waals surface area contributed by atoms with Gasteiger partial charge in [-0.3, -0.25) is 9.69 Å². The van der Waals surface area contributed by atoms with E-state index in [-0.39, 0.29) is 30.8 Å². The maximum absolute atomic E-state index is 14.3. The Morgan fingerprint density at radius 1 is 1.07 bits per heavy atom.